The highest BCUT2D eigenvalue weighted by molar-refractivity contribution is 7.89. The van der Waals surface area contributed by atoms with Gasteiger partial charge in [-0.3, -0.25) is 4.79 Å². The second-order valence-electron chi connectivity index (χ2n) is 3.82. The Balaban J connectivity index is 3.03. The third-order valence-corrected chi connectivity index (χ3v) is 4.46. The molecule has 1 rings (SSSR count). The molecule has 0 aliphatic heterocycles. The van der Waals surface area contributed by atoms with Crippen LogP contribution in [0, 0.1) is 5.82 Å². The van der Waals surface area contributed by atoms with Crippen molar-refractivity contribution in [1.82, 2.24) is 9.62 Å². The predicted molar refractivity (Wildman–Crippen MR) is 69.5 cm³/mol. The molecule has 106 valence electrons. The van der Waals surface area contributed by atoms with Crippen LogP contribution in [0.2, 0.25) is 0 Å². The second kappa shape index (κ2) is 6.63. The van der Waals surface area contributed by atoms with Crippen LogP contribution in [0.5, 0.6) is 0 Å². The lowest BCUT2D eigenvalue weighted by molar-refractivity contribution is -0.121. The first-order chi connectivity index (χ1) is 8.93. The first-order valence-corrected chi connectivity index (χ1v) is 7.38. The van der Waals surface area contributed by atoms with Crippen LogP contribution in [0.15, 0.2) is 29.2 Å². The number of rotatable bonds is 6. The number of nitrogens with zero attached hydrogens (tertiary/aromatic N) is 1. The van der Waals surface area contributed by atoms with E-state index < -0.39 is 26.6 Å². The maximum Gasteiger partial charge on any atom is 0.246 e. The molecule has 0 spiro atoms. The number of halogens is 1. The molecule has 0 fully saturated rings. The van der Waals surface area contributed by atoms with E-state index in [0.29, 0.717) is 6.54 Å². The third kappa shape index (κ3) is 3.74. The van der Waals surface area contributed by atoms with Crippen molar-refractivity contribution in [3.05, 3.63) is 30.1 Å². The van der Waals surface area contributed by atoms with Crippen LogP contribution < -0.4 is 5.32 Å². The molecule has 19 heavy (non-hydrogen) atoms. The molecule has 1 aromatic rings. The molecule has 5 nitrogen and oxygen atoms in total. The van der Waals surface area contributed by atoms with Gasteiger partial charge in [0, 0.05) is 13.1 Å². The van der Waals surface area contributed by atoms with Crippen LogP contribution in [0.25, 0.3) is 0 Å². The highest BCUT2D eigenvalue weighted by atomic mass is 32.2. The van der Waals surface area contributed by atoms with Crippen LogP contribution in [0.1, 0.15) is 13.8 Å². The van der Waals surface area contributed by atoms with E-state index in [4.69, 9.17) is 0 Å². The molecule has 7 heteroatoms. The molecule has 0 heterocycles. The van der Waals surface area contributed by atoms with Gasteiger partial charge in [0.1, 0.15) is 10.7 Å². The maximum atomic E-state index is 13.6. The van der Waals surface area contributed by atoms with E-state index in [1.165, 1.54) is 18.2 Å². The lowest BCUT2D eigenvalue weighted by atomic mass is 10.4. The Labute approximate surface area is 112 Å². The van der Waals surface area contributed by atoms with Gasteiger partial charge >= 0.3 is 0 Å². The number of nitrogens with one attached hydrogen (secondary N) is 1. The van der Waals surface area contributed by atoms with Crippen LogP contribution in [-0.4, -0.2) is 38.3 Å². The molecule has 0 saturated heterocycles. The van der Waals surface area contributed by atoms with Gasteiger partial charge in [-0.05, 0) is 19.1 Å². The van der Waals surface area contributed by atoms with Crippen molar-refractivity contribution in [3.63, 3.8) is 0 Å². The quantitative estimate of drug-likeness (QED) is 0.848. The second-order valence-corrected chi connectivity index (χ2v) is 5.72. The van der Waals surface area contributed by atoms with Crippen molar-refractivity contribution >= 4 is 15.9 Å². The zero-order chi connectivity index (χ0) is 14.5. The standard InChI is InChI=1S/C12H17FN2O3S/c1-3-14-12(16)9-15(4-2)19(17,18)11-8-6-5-7-10(11)13/h5-8H,3-4,9H2,1-2H3,(H,14,16). The largest absolute Gasteiger partial charge is 0.355 e. The topological polar surface area (TPSA) is 66.5 Å². The summed E-state index contributed by atoms with van der Waals surface area (Å²) >= 11 is 0. The summed E-state index contributed by atoms with van der Waals surface area (Å²) in [5, 5.41) is 2.51. The number of sulfonamides is 1. The molecule has 1 amide bonds. The Kier molecular flexibility index (Phi) is 5.44. The first-order valence-electron chi connectivity index (χ1n) is 5.94. The SMILES string of the molecule is CCNC(=O)CN(CC)S(=O)(=O)c1ccccc1F. The van der Waals surface area contributed by atoms with Gasteiger partial charge in [0.05, 0.1) is 6.54 Å². The Morgan fingerprint density at radius 2 is 1.95 bits per heavy atom. The summed E-state index contributed by atoms with van der Waals surface area (Å²) in [7, 11) is -4.00. The number of amides is 1. The average molecular weight is 288 g/mol. The lowest BCUT2D eigenvalue weighted by Crippen LogP contribution is -2.40. The van der Waals surface area contributed by atoms with Gasteiger partial charge < -0.3 is 5.32 Å². The minimum absolute atomic E-state index is 0.0911. The summed E-state index contributed by atoms with van der Waals surface area (Å²) in [6, 6.07) is 5.11. The number of hydrogen-bond acceptors (Lipinski definition) is 3. The highest BCUT2D eigenvalue weighted by Gasteiger charge is 2.27. The molecule has 0 atom stereocenters. The maximum absolute atomic E-state index is 13.6. The lowest BCUT2D eigenvalue weighted by Gasteiger charge is -2.20. The summed E-state index contributed by atoms with van der Waals surface area (Å²) in [4.78, 5) is 11.0. The molecule has 0 aliphatic carbocycles. The molecular weight excluding hydrogens is 271 g/mol. The summed E-state index contributed by atoms with van der Waals surface area (Å²) in [6.07, 6.45) is 0. The average Bonchev–Trinajstić information content (AvgIpc) is 2.36. The van der Waals surface area contributed by atoms with Crippen molar-refractivity contribution in [2.24, 2.45) is 0 Å². The summed E-state index contributed by atoms with van der Waals surface area (Å²) < 4.78 is 39.0. The van der Waals surface area contributed by atoms with E-state index in [9.17, 15) is 17.6 Å². The molecule has 1 aromatic carbocycles. The van der Waals surface area contributed by atoms with Gasteiger partial charge in [-0.25, -0.2) is 12.8 Å². The van der Waals surface area contributed by atoms with E-state index in [0.717, 1.165) is 10.4 Å². The molecule has 0 saturated carbocycles. The molecule has 0 radical (unpaired) electrons. The number of likely N-dealkylation sites (N-methyl/N-ethyl adjacent to an activating group) is 2. The van der Waals surface area contributed by atoms with Crippen LogP contribution in [0.4, 0.5) is 4.39 Å². The van der Waals surface area contributed by atoms with Crippen LogP contribution >= 0.6 is 0 Å². The number of hydrogen-bond donors (Lipinski definition) is 1. The fourth-order valence-corrected chi connectivity index (χ4v) is 3.04. The van der Waals surface area contributed by atoms with E-state index in [-0.39, 0.29) is 13.1 Å². The summed E-state index contributed by atoms with van der Waals surface area (Å²) in [6.45, 7) is 3.52. The van der Waals surface area contributed by atoms with Gasteiger partial charge in [-0.15, -0.1) is 0 Å². The Hall–Kier alpha value is -1.47. The monoisotopic (exact) mass is 288 g/mol. The zero-order valence-electron chi connectivity index (χ0n) is 10.9. The normalized spacial score (nSPS) is 11.6. The van der Waals surface area contributed by atoms with Crippen molar-refractivity contribution in [2.45, 2.75) is 18.7 Å². The third-order valence-electron chi connectivity index (χ3n) is 2.50. The van der Waals surface area contributed by atoms with Crippen molar-refractivity contribution in [2.75, 3.05) is 19.6 Å². The van der Waals surface area contributed by atoms with E-state index in [1.807, 2.05) is 0 Å². The number of carbonyl (C=O) groups excluding carboxylic acids is 1. The molecule has 0 bridgehead atoms. The van der Waals surface area contributed by atoms with Crippen LogP contribution in [-0.2, 0) is 14.8 Å². The van der Waals surface area contributed by atoms with Gasteiger partial charge in [0.25, 0.3) is 0 Å². The summed E-state index contributed by atoms with van der Waals surface area (Å²) in [5.41, 5.74) is 0. The van der Waals surface area contributed by atoms with E-state index in [1.54, 1.807) is 13.8 Å². The summed E-state index contributed by atoms with van der Waals surface area (Å²) in [5.74, 6) is -1.24. The smallest absolute Gasteiger partial charge is 0.246 e. The molecule has 1 N–H and O–H groups in total. The fourth-order valence-electron chi connectivity index (χ4n) is 1.57. The molecule has 0 aliphatic rings. The van der Waals surface area contributed by atoms with Crippen LogP contribution in [0.3, 0.4) is 0 Å². The predicted octanol–water partition coefficient (Wildman–Crippen LogP) is 0.972. The van der Waals surface area contributed by atoms with Gasteiger partial charge in [-0.1, -0.05) is 19.1 Å². The molecule has 0 unspecified atom stereocenters. The minimum atomic E-state index is -4.00. The Bertz CT molecular complexity index is 546. The molecular formula is C12H17FN2O3S. The molecule has 0 aromatic heterocycles. The number of carbonyl (C=O) groups is 1. The van der Waals surface area contributed by atoms with E-state index >= 15 is 0 Å². The number of benzene rings is 1. The first kappa shape index (κ1) is 15.6. The van der Waals surface area contributed by atoms with E-state index in [2.05, 4.69) is 5.32 Å². The minimum Gasteiger partial charge on any atom is -0.355 e. The highest BCUT2D eigenvalue weighted by Crippen LogP contribution is 2.18. The van der Waals surface area contributed by atoms with Gasteiger partial charge in [0.15, 0.2) is 0 Å². The van der Waals surface area contributed by atoms with Crippen molar-refractivity contribution in [3.8, 4) is 0 Å². The van der Waals surface area contributed by atoms with Crippen molar-refractivity contribution < 1.29 is 17.6 Å². The van der Waals surface area contributed by atoms with Crippen molar-refractivity contribution in [1.29, 1.82) is 0 Å². The fraction of sp³-hybridized carbons (Fsp3) is 0.417. The zero-order valence-corrected chi connectivity index (χ0v) is 11.7. The Morgan fingerprint density at radius 3 is 2.47 bits per heavy atom. The van der Waals surface area contributed by atoms with Gasteiger partial charge in [0.2, 0.25) is 15.9 Å². The van der Waals surface area contributed by atoms with Gasteiger partial charge in [-0.2, -0.15) is 4.31 Å². The Morgan fingerprint density at radius 1 is 1.32 bits per heavy atom.